The van der Waals surface area contributed by atoms with Crippen molar-refractivity contribution < 1.29 is 0 Å². The molecule has 1 N–H and O–H groups in total. The van der Waals surface area contributed by atoms with Gasteiger partial charge in [0.15, 0.2) is 0 Å². The standard InChI is InChI=1S/C12H17N/c1-3-8-12(13-11-4-2)9-6-5-7-10-12/h3-7,9,13H,1-2,8,10-11H2. The van der Waals surface area contributed by atoms with E-state index in [2.05, 4.69) is 42.8 Å². The van der Waals surface area contributed by atoms with Gasteiger partial charge >= 0.3 is 0 Å². The summed E-state index contributed by atoms with van der Waals surface area (Å²) in [7, 11) is 0. The molecule has 1 atom stereocenters. The van der Waals surface area contributed by atoms with Gasteiger partial charge in [-0.3, -0.25) is 0 Å². The Labute approximate surface area is 80.5 Å². The maximum absolute atomic E-state index is 3.78. The zero-order valence-corrected chi connectivity index (χ0v) is 8.00. The first-order valence-corrected chi connectivity index (χ1v) is 4.64. The summed E-state index contributed by atoms with van der Waals surface area (Å²) in [6.07, 6.45) is 14.4. The number of rotatable bonds is 5. The van der Waals surface area contributed by atoms with Crippen LogP contribution in [0.1, 0.15) is 12.8 Å². The van der Waals surface area contributed by atoms with Crippen LogP contribution >= 0.6 is 0 Å². The molecule has 1 nitrogen and oxygen atoms in total. The van der Waals surface area contributed by atoms with Gasteiger partial charge in [0.25, 0.3) is 0 Å². The molecule has 0 aromatic heterocycles. The molecule has 1 aliphatic carbocycles. The third-order valence-corrected chi connectivity index (χ3v) is 2.25. The Morgan fingerprint density at radius 1 is 1.31 bits per heavy atom. The monoisotopic (exact) mass is 175 g/mol. The molecule has 0 amide bonds. The Balaban J connectivity index is 2.62. The van der Waals surface area contributed by atoms with Crippen LogP contribution in [0.2, 0.25) is 0 Å². The van der Waals surface area contributed by atoms with Gasteiger partial charge in [-0.05, 0) is 12.8 Å². The van der Waals surface area contributed by atoms with Crippen molar-refractivity contribution in [2.75, 3.05) is 6.54 Å². The fourth-order valence-corrected chi connectivity index (χ4v) is 1.55. The highest BCUT2D eigenvalue weighted by atomic mass is 15.0. The highest BCUT2D eigenvalue weighted by Gasteiger charge is 2.23. The minimum Gasteiger partial charge on any atom is -0.304 e. The predicted molar refractivity (Wildman–Crippen MR) is 58.6 cm³/mol. The molecular formula is C12H17N. The van der Waals surface area contributed by atoms with Crippen LogP contribution in [0.4, 0.5) is 0 Å². The fraction of sp³-hybridized carbons (Fsp3) is 0.333. The van der Waals surface area contributed by atoms with E-state index in [1.165, 1.54) is 0 Å². The van der Waals surface area contributed by atoms with Crippen LogP contribution in [0.15, 0.2) is 49.6 Å². The summed E-state index contributed by atoms with van der Waals surface area (Å²) in [5.74, 6) is 0. The van der Waals surface area contributed by atoms with Gasteiger partial charge in [-0.15, -0.1) is 13.2 Å². The van der Waals surface area contributed by atoms with Gasteiger partial charge in [0.2, 0.25) is 0 Å². The van der Waals surface area contributed by atoms with E-state index in [4.69, 9.17) is 0 Å². The Hall–Kier alpha value is -1.08. The number of hydrogen-bond donors (Lipinski definition) is 1. The highest BCUT2D eigenvalue weighted by molar-refractivity contribution is 5.22. The van der Waals surface area contributed by atoms with Gasteiger partial charge in [0, 0.05) is 12.1 Å². The topological polar surface area (TPSA) is 12.0 Å². The van der Waals surface area contributed by atoms with Crippen LogP contribution in [-0.4, -0.2) is 12.1 Å². The molecule has 70 valence electrons. The van der Waals surface area contributed by atoms with Crippen molar-refractivity contribution in [2.24, 2.45) is 0 Å². The van der Waals surface area contributed by atoms with E-state index >= 15 is 0 Å². The molecule has 1 heteroatoms. The van der Waals surface area contributed by atoms with Crippen LogP contribution in [0, 0.1) is 0 Å². The lowest BCUT2D eigenvalue weighted by molar-refractivity contribution is 0.425. The van der Waals surface area contributed by atoms with E-state index in [9.17, 15) is 0 Å². The molecule has 0 spiro atoms. The van der Waals surface area contributed by atoms with E-state index in [0.29, 0.717) is 0 Å². The molecule has 13 heavy (non-hydrogen) atoms. The summed E-state index contributed by atoms with van der Waals surface area (Å²) in [6, 6.07) is 0. The first-order chi connectivity index (χ1) is 6.33. The molecule has 1 rings (SSSR count). The predicted octanol–water partition coefficient (Wildman–Crippen LogP) is 2.59. The zero-order chi connectivity index (χ0) is 9.57. The molecule has 0 radical (unpaired) electrons. The lowest BCUT2D eigenvalue weighted by Crippen LogP contribution is -2.43. The molecule has 0 bridgehead atoms. The average Bonchev–Trinajstić information content (AvgIpc) is 2.17. The van der Waals surface area contributed by atoms with Crippen LogP contribution in [0.5, 0.6) is 0 Å². The van der Waals surface area contributed by atoms with Crippen LogP contribution in [-0.2, 0) is 0 Å². The smallest absolute Gasteiger partial charge is 0.0439 e. The molecule has 0 aromatic carbocycles. The van der Waals surface area contributed by atoms with Gasteiger partial charge in [-0.2, -0.15) is 0 Å². The Kier molecular flexibility index (Phi) is 3.71. The molecule has 0 aromatic rings. The molecule has 0 heterocycles. The summed E-state index contributed by atoms with van der Waals surface area (Å²) in [5.41, 5.74) is 0.0741. The Morgan fingerprint density at radius 2 is 2.15 bits per heavy atom. The summed E-state index contributed by atoms with van der Waals surface area (Å²) < 4.78 is 0. The minimum absolute atomic E-state index is 0.0741. The number of hydrogen-bond acceptors (Lipinski definition) is 1. The molecule has 0 aliphatic heterocycles. The van der Waals surface area contributed by atoms with Crippen molar-refractivity contribution in [1.82, 2.24) is 5.32 Å². The van der Waals surface area contributed by atoms with E-state index in [1.54, 1.807) is 0 Å². The second-order valence-electron chi connectivity index (χ2n) is 3.31. The number of allylic oxidation sites excluding steroid dienone is 2. The molecule has 0 fully saturated rings. The van der Waals surface area contributed by atoms with Crippen molar-refractivity contribution in [3.8, 4) is 0 Å². The maximum atomic E-state index is 3.78. The second kappa shape index (κ2) is 4.83. The fourth-order valence-electron chi connectivity index (χ4n) is 1.55. The molecule has 0 saturated heterocycles. The van der Waals surface area contributed by atoms with Crippen LogP contribution in [0.3, 0.4) is 0 Å². The Bertz CT molecular complexity index is 234. The highest BCUT2D eigenvalue weighted by Crippen LogP contribution is 2.21. The lowest BCUT2D eigenvalue weighted by Gasteiger charge is -2.31. The zero-order valence-electron chi connectivity index (χ0n) is 8.00. The summed E-state index contributed by atoms with van der Waals surface area (Å²) in [6.45, 7) is 8.33. The largest absolute Gasteiger partial charge is 0.304 e. The third kappa shape index (κ3) is 2.71. The SMILES string of the molecule is C=CCNC1(CC=C)C=CC=CC1. The quantitative estimate of drug-likeness (QED) is 0.633. The van der Waals surface area contributed by atoms with Gasteiger partial charge in [0.1, 0.15) is 0 Å². The van der Waals surface area contributed by atoms with Crippen molar-refractivity contribution >= 4 is 0 Å². The van der Waals surface area contributed by atoms with Gasteiger partial charge < -0.3 is 5.32 Å². The van der Waals surface area contributed by atoms with Crippen molar-refractivity contribution in [3.63, 3.8) is 0 Å². The molecular weight excluding hydrogens is 158 g/mol. The molecule has 1 aliphatic rings. The van der Waals surface area contributed by atoms with E-state index < -0.39 is 0 Å². The van der Waals surface area contributed by atoms with Gasteiger partial charge in [0.05, 0.1) is 0 Å². The van der Waals surface area contributed by atoms with Crippen molar-refractivity contribution in [2.45, 2.75) is 18.4 Å². The lowest BCUT2D eigenvalue weighted by atomic mass is 9.88. The first kappa shape index (κ1) is 10.0. The van der Waals surface area contributed by atoms with Gasteiger partial charge in [-0.25, -0.2) is 0 Å². The number of nitrogens with one attached hydrogen (secondary N) is 1. The maximum Gasteiger partial charge on any atom is 0.0439 e. The average molecular weight is 175 g/mol. The van der Waals surface area contributed by atoms with Crippen molar-refractivity contribution in [3.05, 3.63) is 49.6 Å². The minimum atomic E-state index is 0.0741. The van der Waals surface area contributed by atoms with E-state index in [-0.39, 0.29) is 5.54 Å². The van der Waals surface area contributed by atoms with E-state index in [1.807, 2.05) is 12.2 Å². The third-order valence-electron chi connectivity index (χ3n) is 2.25. The summed E-state index contributed by atoms with van der Waals surface area (Å²) >= 11 is 0. The van der Waals surface area contributed by atoms with Crippen molar-refractivity contribution in [1.29, 1.82) is 0 Å². The molecule has 0 saturated carbocycles. The first-order valence-electron chi connectivity index (χ1n) is 4.64. The van der Waals surface area contributed by atoms with Gasteiger partial charge in [-0.1, -0.05) is 36.5 Å². The second-order valence-corrected chi connectivity index (χ2v) is 3.31. The Morgan fingerprint density at radius 3 is 2.69 bits per heavy atom. The molecule has 1 unspecified atom stereocenters. The summed E-state index contributed by atoms with van der Waals surface area (Å²) in [4.78, 5) is 0. The van der Waals surface area contributed by atoms with E-state index in [0.717, 1.165) is 19.4 Å². The van der Waals surface area contributed by atoms with Crippen LogP contribution in [0.25, 0.3) is 0 Å². The normalized spacial score (nSPS) is 25.8. The summed E-state index contributed by atoms with van der Waals surface area (Å²) in [5, 5.41) is 3.46. The van der Waals surface area contributed by atoms with Crippen LogP contribution < -0.4 is 5.32 Å².